The van der Waals surface area contributed by atoms with Crippen LogP contribution in [0.5, 0.6) is 23.0 Å². The number of benzene rings is 2. The predicted molar refractivity (Wildman–Crippen MR) is 102 cm³/mol. The fraction of sp³-hybridized carbons (Fsp3) is 0.200. The Labute approximate surface area is 157 Å². The molecule has 7 heteroatoms. The van der Waals surface area contributed by atoms with Crippen LogP contribution in [-0.4, -0.2) is 40.1 Å². The maximum Gasteiger partial charge on any atom is 0.271 e. The van der Waals surface area contributed by atoms with Crippen LogP contribution >= 0.6 is 0 Å². The first kappa shape index (κ1) is 19.7. The second-order valence-corrected chi connectivity index (χ2v) is 5.20. The highest BCUT2D eigenvalue weighted by Crippen LogP contribution is 2.23. The highest BCUT2D eigenvalue weighted by molar-refractivity contribution is 5.96. The summed E-state index contributed by atoms with van der Waals surface area (Å²) in [6.45, 7) is 0.114. The van der Waals surface area contributed by atoms with Crippen molar-refractivity contribution in [1.29, 1.82) is 0 Å². The molecule has 0 heterocycles. The van der Waals surface area contributed by atoms with Crippen molar-refractivity contribution in [3.8, 4) is 35.3 Å². The van der Waals surface area contributed by atoms with Gasteiger partial charge < -0.3 is 18.9 Å². The number of hydrogen-bond donors (Lipinski definition) is 1. The molecular formula is C20H20N2O5. The average Bonchev–Trinajstić information content (AvgIpc) is 2.71. The number of hydrazone groups is 1. The average molecular weight is 368 g/mol. The van der Waals surface area contributed by atoms with Crippen molar-refractivity contribution in [2.24, 2.45) is 5.10 Å². The molecule has 1 N–H and O–H groups in total. The SMILES string of the molecule is C#CCOc1ccc(OC)cc1/C=N\NC(=O)c1cc(OC)cc(OC)c1. The van der Waals surface area contributed by atoms with Crippen molar-refractivity contribution in [2.45, 2.75) is 0 Å². The third kappa shape index (κ3) is 5.41. The van der Waals surface area contributed by atoms with Gasteiger partial charge in [-0.1, -0.05) is 5.92 Å². The maximum absolute atomic E-state index is 12.3. The minimum Gasteiger partial charge on any atom is -0.497 e. The number of hydrogen-bond acceptors (Lipinski definition) is 6. The fourth-order valence-electron chi connectivity index (χ4n) is 2.17. The summed E-state index contributed by atoms with van der Waals surface area (Å²) in [4.78, 5) is 12.3. The molecule has 0 fully saturated rings. The number of rotatable bonds is 8. The van der Waals surface area contributed by atoms with E-state index in [1.165, 1.54) is 20.4 Å². The molecular weight excluding hydrogens is 348 g/mol. The molecule has 0 unspecified atom stereocenters. The zero-order chi connectivity index (χ0) is 19.6. The Morgan fingerprint density at radius 1 is 1.07 bits per heavy atom. The lowest BCUT2D eigenvalue weighted by atomic mass is 10.2. The van der Waals surface area contributed by atoms with Gasteiger partial charge in [0.1, 0.15) is 29.6 Å². The summed E-state index contributed by atoms with van der Waals surface area (Å²) in [5, 5.41) is 3.98. The van der Waals surface area contributed by atoms with E-state index in [-0.39, 0.29) is 6.61 Å². The lowest BCUT2D eigenvalue weighted by Crippen LogP contribution is -2.17. The van der Waals surface area contributed by atoms with E-state index in [2.05, 4.69) is 16.4 Å². The van der Waals surface area contributed by atoms with E-state index in [9.17, 15) is 4.79 Å². The normalized spacial score (nSPS) is 10.1. The molecule has 0 atom stereocenters. The second-order valence-electron chi connectivity index (χ2n) is 5.20. The molecule has 0 aliphatic rings. The van der Waals surface area contributed by atoms with Crippen LogP contribution in [0, 0.1) is 12.3 Å². The van der Waals surface area contributed by atoms with Gasteiger partial charge in [-0.15, -0.1) is 6.42 Å². The first-order valence-corrected chi connectivity index (χ1v) is 7.92. The Balaban J connectivity index is 2.17. The number of amides is 1. The molecule has 0 spiro atoms. The molecule has 2 aromatic carbocycles. The molecule has 2 rings (SSSR count). The van der Waals surface area contributed by atoms with Crippen LogP contribution < -0.4 is 24.4 Å². The number of terminal acetylenes is 1. The van der Waals surface area contributed by atoms with Crippen LogP contribution in [0.1, 0.15) is 15.9 Å². The van der Waals surface area contributed by atoms with Gasteiger partial charge in [0.15, 0.2) is 0 Å². The molecule has 0 aliphatic carbocycles. The minimum atomic E-state index is -0.419. The van der Waals surface area contributed by atoms with E-state index < -0.39 is 5.91 Å². The number of methoxy groups -OCH3 is 3. The molecule has 2 aromatic rings. The third-order valence-electron chi connectivity index (χ3n) is 3.51. The van der Waals surface area contributed by atoms with Gasteiger partial charge >= 0.3 is 0 Å². The summed E-state index contributed by atoms with van der Waals surface area (Å²) < 4.78 is 21.0. The highest BCUT2D eigenvalue weighted by Gasteiger charge is 2.09. The summed E-state index contributed by atoms with van der Waals surface area (Å²) >= 11 is 0. The quantitative estimate of drug-likeness (QED) is 0.440. The molecule has 0 radical (unpaired) electrons. The Kier molecular flexibility index (Phi) is 7.08. The van der Waals surface area contributed by atoms with E-state index in [1.807, 2.05) is 0 Å². The zero-order valence-electron chi connectivity index (χ0n) is 15.3. The number of nitrogens with one attached hydrogen (secondary N) is 1. The second kappa shape index (κ2) is 9.73. The maximum atomic E-state index is 12.3. The van der Waals surface area contributed by atoms with Crippen molar-refractivity contribution in [3.63, 3.8) is 0 Å². The molecule has 0 bridgehead atoms. The van der Waals surface area contributed by atoms with Crippen LogP contribution in [0.25, 0.3) is 0 Å². The van der Waals surface area contributed by atoms with Gasteiger partial charge in [0.05, 0.1) is 27.5 Å². The number of carbonyl (C=O) groups excluding carboxylic acids is 1. The van der Waals surface area contributed by atoms with E-state index in [1.54, 1.807) is 43.5 Å². The van der Waals surface area contributed by atoms with E-state index in [4.69, 9.17) is 25.4 Å². The van der Waals surface area contributed by atoms with Crippen LogP contribution in [0.3, 0.4) is 0 Å². The Hall–Kier alpha value is -3.66. The first-order valence-electron chi connectivity index (χ1n) is 7.92. The number of nitrogens with zero attached hydrogens (tertiary/aromatic N) is 1. The molecule has 1 amide bonds. The summed E-state index contributed by atoms with van der Waals surface area (Å²) in [5.74, 6) is 4.12. The summed E-state index contributed by atoms with van der Waals surface area (Å²) in [5.41, 5.74) is 3.40. The van der Waals surface area contributed by atoms with Gasteiger partial charge in [-0.3, -0.25) is 4.79 Å². The van der Waals surface area contributed by atoms with Crippen molar-refractivity contribution in [3.05, 3.63) is 47.5 Å². The van der Waals surface area contributed by atoms with E-state index >= 15 is 0 Å². The summed E-state index contributed by atoms with van der Waals surface area (Å²) in [7, 11) is 4.57. The Morgan fingerprint density at radius 2 is 1.74 bits per heavy atom. The number of carbonyl (C=O) groups is 1. The van der Waals surface area contributed by atoms with Gasteiger partial charge in [-0.2, -0.15) is 5.10 Å². The standard InChI is InChI=1S/C20H20N2O5/c1-5-8-27-19-7-6-16(24-2)11-15(19)13-21-22-20(23)14-9-17(25-3)12-18(10-14)26-4/h1,6-7,9-13H,8H2,2-4H3,(H,22,23)/b21-13-. The Morgan fingerprint density at radius 3 is 2.33 bits per heavy atom. The first-order chi connectivity index (χ1) is 13.1. The van der Waals surface area contributed by atoms with Gasteiger partial charge in [0.25, 0.3) is 5.91 Å². The largest absolute Gasteiger partial charge is 0.497 e. The van der Waals surface area contributed by atoms with E-state index in [0.717, 1.165) is 0 Å². The van der Waals surface area contributed by atoms with Crippen LogP contribution in [0.4, 0.5) is 0 Å². The van der Waals surface area contributed by atoms with Crippen LogP contribution in [-0.2, 0) is 0 Å². The molecule has 0 aliphatic heterocycles. The zero-order valence-corrected chi connectivity index (χ0v) is 15.3. The van der Waals surface area contributed by atoms with Gasteiger partial charge in [0, 0.05) is 17.2 Å². The lowest BCUT2D eigenvalue weighted by molar-refractivity contribution is 0.0954. The third-order valence-corrected chi connectivity index (χ3v) is 3.51. The lowest BCUT2D eigenvalue weighted by Gasteiger charge is -2.09. The topological polar surface area (TPSA) is 78.4 Å². The van der Waals surface area contributed by atoms with Crippen molar-refractivity contribution in [1.82, 2.24) is 5.43 Å². The molecule has 0 saturated carbocycles. The molecule has 0 aromatic heterocycles. The van der Waals surface area contributed by atoms with Crippen molar-refractivity contribution >= 4 is 12.1 Å². The number of ether oxygens (including phenoxy) is 4. The van der Waals surface area contributed by atoms with Crippen molar-refractivity contribution in [2.75, 3.05) is 27.9 Å². The Bertz CT molecular complexity index is 849. The van der Waals surface area contributed by atoms with Crippen LogP contribution in [0.2, 0.25) is 0 Å². The molecule has 140 valence electrons. The minimum absolute atomic E-state index is 0.114. The van der Waals surface area contributed by atoms with Gasteiger partial charge in [0.2, 0.25) is 0 Å². The summed E-state index contributed by atoms with van der Waals surface area (Å²) in [6.07, 6.45) is 6.67. The van der Waals surface area contributed by atoms with E-state index in [0.29, 0.717) is 34.1 Å². The van der Waals surface area contributed by atoms with Gasteiger partial charge in [-0.05, 0) is 30.3 Å². The fourth-order valence-corrected chi connectivity index (χ4v) is 2.17. The molecule has 0 saturated heterocycles. The highest BCUT2D eigenvalue weighted by atomic mass is 16.5. The van der Waals surface area contributed by atoms with Crippen LogP contribution in [0.15, 0.2) is 41.5 Å². The smallest absolute Gasteiger partial charge is 0.271 e. The van der Waals surface area contributed by atoms with Gasteiger partial charge in [-0.25, -0.2) is 5.43 Å². The van der Waals surface area contributed by atoms with Crippen molar-refractivity contribution < 1.29 is 23.7 Å². The summed E-state index contributed by atoms with van der Waals surface area (Å²) in [6, 6.07) is 10.0. The predicted octanol–water partition coefficient (Wildman–Crippen LogP) is 2.49. The molecule has 7 nitrogen and oxygen atoms in total. The molecule has 27 heavy (non-hydrogen) atoms. The monoisotopic (exact) mass is 368 g/mol.